The molecule has 0 saturated carbocycles. The van der Waals surface area contributed by atoms with E-state index in [1.54, 1.807) is 18.3 Å². The second-order valence-electron chi connectivity index (χ2n) is 3.78. The van der Waals surface area contributed by atoms with Crippen LogP contribution >= 0.6 is 11.3 Å². The number of nitro benzene ring substituents is 1. The zero-order valence-electron chi connectivity index (χ0n) is 10.3. The number of non-ortho nitro benzene ring substituents is 1. The molecule has 104 valence electrons. The Morgan fingerprint density at radius 1 is 1.40 bits per heavy atom. The molecule has 2 aromatic rings. The highest BCUT2D eigenvalue weighted by atomic mass is 32.1. The fourth-order valence-electron chi connectivity index (χ4n) is 1.40. The van der Waals surface area contributed by atoms with Crippen LogP contribution in [-0.2, 0) is 17.9 Å². The number of aromatic nitrogens is 1. The summed E-state index contributed by atoms with van der Waals surface area (Å²) in [7, 11) is 0. The van der Waals surface area contributed by atoms with Crippen molar-refractivity contribution in [3.8, 4) is 0 Å². The van der Waals surface area contributed by atoms with Gasteiger partial charge >= 0.3 is 6.09 Å². The van der Waals surface area contributed by atoms with E-state index < -0.39 is 11.0 Å². The van der Waals surface area contributed by atoms with Gasteiger partial charge in [-0.05, 0) is 17.7 Å². The third-order valence-electron chi connectivity index (χ3n) is 2.38. The van der Waals surface area contributed by atoms with Crippen LogP contribution in [0.2, 0.25) is 0 Å². The van der Waals surface area contributed by atoms with Crippen molar-refractivity contribution in [1.82, 2.24) is 10.3 Å². The molecule has 0 spiro atoms. The molecule has 0 unspecified atom stereocenters. The maximum atomic E-state index is 11.4. The summed E-state index contributed by atoms with van der Waals surface area (Å²) in [6.45, 7) is 0.373. The fraction of sp³-hybridized carbons (Fsp3) is 0.167. The number of nitrogens with zero attached hydrogens (tertiary/aromatic N) is 2. The van der Waals surface area contributed by atoms with E-state index in [-0.39, 0.29) is 12.3 Å². The lowest BCUT2D eigenvalue weighted by atomic mass is 10.2. The number of hydrogen-bond acceptors (Lipinski definition) is 6. The molecule has 1 amide bonds. The molecule has 1 heterocycles. The molecule has 0 bridgehead atoms. The molecular weight excluding hydrogens is 282 g/mol. The molecule has 7 nitrogen and oxygen atoms in total. The summed E-state index contributed by atoms with van der Waals surface area (Å²) in [6.07, 6.45) is 1.10. The molecule has 0 fully saturated rings. The van der Waals surface area contributed by atoms with E-state index in [1.165, 1.54) is 23.5 Å². The summed E-state index contributed by atoms with van der Waals surface area (Å²) in [5.74, 6) is 0. The minimum Gasteiger partial charge on any atom is -0.445 e. The Labute approximate surface area is 118 Å². The first-order valence-corrected chi connectivity index (χ1v) is 6.55. The number of thiazole rings is 1. The quantitative estimate of drug-likeness (QED) is 0.675. The van der Waals surface area contributed by atoms with Crippen molar-refractivity contribution in [3.05, 3.63) is 56.5 Å². The number of rotatable bonds is 5. The summed E-state index contributed by atoms with van der Waals surface area (Å²) in [5.41, 5.74) is 0.682. The van der Waals surface area contributed by atoms with Crippen LogP contribution in [-0.4, -0.2) is 16.0 Å². The number of amides is 1. The average molecular weight is 293 g/mol. The normalized spacial score (nSPS) is 10.0. The highest BCUT2D eigenvalue weighted by Crippen LogP contribution is 2.12. The van der Waals surface area contributed by atoms with Crippen molar-refractivity contribution in [2.75, 3.05) is 0 Å². The lowest BCUT2D eigenvalue weighted by Crippen LogP contribution is -2.23. The molecular formula is C12H11N3O4S. The Morgan fingerprint density at radius 3 is 2.75 bits per heavy atom. The van der Waals surface area contributed by atoms with Gasteiger partial charge in [-0.1, -0.05) is 0 Å². The van der Waals surface area contributed by atoms with Crippen LogP contribution in [0.1, 0.15) is 10.6 Å². The van der Waals surface area contributed by atoms with Crippen LogP contribution in [0.3, 0.4) is 0 Å². The zero-order chi connectivity index (χ0) is 14.4. The molecule has 1 aromatic heterocycles. The van der Waals surface area contributed by atoms with Crippen molar-refractivity contribution in [2.24, 2.45) is 0 Å². The van der Waals surface area contributed by atoms with E-state index in [2.05, 4.69) is 10.3 Å². The number of ether oxygens (including phenoxy) is 1. The zero-order valence-corrected chi connectivity index (χ0v) is 11.1. The van der Waals surface area contributed by atoms with Gasteiger partial charge < -0.3 is 10.1 Å². The molecule has 0 radical (unpaired) electrons. The third kappa shape index (κ3) is 4.02. The first-order valence-electron chi connectivity index (χ1n) is 5.67. The van der Waals surface area contributed by atoms with E-state index >= 15 is 0 Å². The summed E-state index contributed by atoms with van der Waals surface area (Å²) in [4.78, 5) is 25.4. The summed E-state index contributed by atoms with van der Waals surface area (Å²) in [5, 5.41) is 15.7. The summed E-state index contributed by atoms with van der Waals surface area (Å²) >= 11 is 1.44. The number of carbonyl (C=O) groups excluding carboxylic acids is 1. The Bertz CT molecular complexity index is 583. The van der Waals surface area contributed by atoms with E-state index in [9.17, 15) is 14.9 Å². The first kappa shape index (κ1) is 13.9. The number of nitro groups is 1. The van der Waals surface area contributed by atoms with Gasteiger partial charge in [-0.3, -0.25) is 10.1 Å². The van der Waals surface area contributed by atoms with Crippen molar-refractivity contribution in [1.29, 1.82) is 0 Å². The second kappa shape index (κ2) is 6.62. The molecule has 0 aliphatic rings. The van der Waals surface area contributed by atoms with Crippen LogP contribution in [0.5, 0.6) is 0 Å². The van der Waals surface area contributed by atoms with Gasteiger partial charge in [0, 0.05) is 23.7 Å². The van der Waals surface area contributed by atoms with Gasteiger partial charge in [0.1, 0.15) is 11.6 Å². The average Bonchev–Trinajstić information content (AvgIpc) is 2.96. The van der Waals surface area contributed by atoms with E-state index in [0.717, 1.165) is 5.01 Å². The highest BCUT2D eigenvalue weighted by Gasteiger charge is 2.06. The van der Waals surface area contributed by atoms with Crippen LogP contribution < -0.4 is 5.32 Å². The topological polar surface area (TPSA) is 94.4 Å². The highest BCUT2D eigenvalue weighted by molar-refractivity contribution is 7.09. The largest absolute Gasteiger partial charge is 0.445 e. The summed E-state index contributed by atoms with van der Waals surface area (Å²) < 4.78 is 4.98. The fourth-order valence-corrected chi connectivity index (χ4v) is 1.96. The molecule has 1 N–H and O–H groups in total. The minimum absolute atomic E-state index is 0.00183. The predicted octanol–water partition coefficient (Wildman–Crippen LogP) is 2.48. The second-order valence-corrected chi connectivity index (χ2v) is 4.76. The van der Waals surface area contributed by atoms with Crippen LogP contribution in [0, 0.1) is 10.1 Å². The Balaban J connectivity index is 1.76. The van der Waals surface area contributed by atoms with Crippen molar-refractivity contribution >= 4 is 23.1 Å². The van der Waals surface area contributed by atoms with Crippen LogP contribution in [0.15, 0.2) is 35.8 Å². The number of carbonyl (C=O) groups is 1. The number of hydrogen-bond donors (Lipinski definition) is 1. The van der Waals surface area contributed by atoms with E-state index in [1.807, 2.05) is 5.38 Å². The lowest BCUT2D eigenvalue weighted by Gasteiger charge is -2.05. The van der Waals surface area contributed by atoms with Gasteiger partial charge in [0.15, 0.2) is 0 Å². The Morgan fingerprint density at radius 2 is 2.15 bits per heavy atom. The van der Waals surface area contributed by atoms with Crippen molar-refractivity contribution in [2.45, 2.75) is 13.2 Å². The number of benzene rings is 1. The van der Waals surface area contributed by atoms with Crippen molar-refractivity contribution < 1.29 is 14.5 Å². The third-order valence-corrected chi connectivity index (χ3v) is 3.16. The maximum absolute atomic E-state index is 11.4. The number of nitrogens with one attached hydrogen (secondary N) is 1. The molecule has 2 rings (SSSR count). The SMILES string of the molecule is O=C(NCc1nccs1)OCc1ccc([N+](=O)[O-])cc1. The van der Waals surface area contributed by atoms with Crippen LogP contribution in [0.25, 0.3) is 0 Å². The van der Waals surface area contributed by atoms with Gasteiger partial charge in [0.05, 0.1) is 11.5 Å². The Hall–Kier alpha value is -2.48. The maximum Gasteiger partial charge on any atom is 0.407 e. The summed E-state index contributed by atoms with van der Waals surface area (Å²) in [6, 6.07) is 5.83. The molecule has 0 aliphatic heterocycles. The first-order chi connectivity index (χ1) is 9.65. The lowest BCUT2D eigenvalue weighted by molar-refractivity contribution is -0.384. The molecule has 0 atom stereocenters. The Kier molecular flexibility index (Phi) is 4.61. The van der Waals surface area contributed by atoms with Gasteiger partial charge in [0.25, 0.3) is 5.69 Å². The molecule has 0 aliphatic carbocycles. The monoisotopic (exact) mass is 293 g/mol. The number of alkyl carbamates (subject to hydrolysis) is 1. The van der Waals surface area contributed by atoms with Gasteiger partial charge in [-0.2, -0.15) is 0 Å². The van der Waals surface area contributed by atoms with Gasteiger partial charge in [-0.25, -0.2) is 9.78 Å². The van der Waals surface area contributed by atoms with Gasteiger partial charge in [-0.15, -0.1) is 11.3 Å². The standard InChI is InChI=1S/C12H11N3O4S/c16-12(14-7-11-13-5-6-20-11)19-8-9-1-3-10(4-2-9)15(17)18/h1-6H,7-8H2,(H,14,16). The van der Waals surface area contributed by atoms with Crippen LogP contribution in [0.4, 0.5) is 10.5 Å². The van der Waals surface area contributed by atoms with E-state index in [0.29, 0.717) is 12.1 Å². The van der Waals surface area contributed by atoms with Gasteiger partial charge in [0.2, 0.25) is 0 Å². The molecule has 0 saturated heterocycles. The van der Waals surface area contributed by atoms with E-state index in [4.69, 9.17) is 4.74 Å². The smallest absolute Gasteiger partial charge is 0.407 e. The van der Waals surface area contributed by atoms with Crippen molar-refractivity contribution in [3.63, 3.8) is 0 Å². The molecule has 20 heavy (non-hydrogen) atoms. The predicted molar refractivity (Wildman–Crippen MR) is 72.2 cm³/mol. The minimum atomic E-state index is -0.557. The molecule has 1 aromatic carbocycles. The molecule has 8 heteroatoms.